The lowest BCUT2D eigenvalue weighted by molar-refractivity contribution is -0.116. The molecule has 1 heterocycles. The Labute approximate surface area is 112 Å². The lowest BCUT2D eigenvalue weighted by Crippen LogP contribution is -2.25. The quantitative estimate of drug-likeness (QED) is 0.668. The van der Waals surface area contributed by atoms with Crippen molar-refractivity contribution in [2.45, 2.75) is 37.1 Å². The Hall–Kier alpha value is -1.00. The summed E-state index contributed by atoms with van der Waals surface area (Å²) in [6.07, 6.45) is 3.65. The lowest BCUT2D eigenvalue weighted by Gasteiger charge is -2.14. The first-order valence-electron chi connectivity index (χ1n) is 6.51. The molecule has 0 unspecified atom stereocenters. The number of anilines is 1. The zero-order valence-electron chi connectivity index (χ0n) is 10.6. The van der Waals surface area contributed by atoms with Crippen LogP contribution in [0.4, 0.5) is 5.69 Å². The molecule has 2 aliphatic rings. The minimum Gasteiger partial charge on any atom is -0.312 e. The van der Waals surface area contributed by atoms with E-state index in [1.165, 1.54) is 23.3 Å². The van der Waals surface area contributed by atoms with Crippen molar-refractivity contribution in [3.63, 3.8) is 0 Å². The molecule has 0 spiro atoms. The predicted octanol–water partition coefficient (Wildman–Crippen LogP) is 2.40. The molecule has 0 radical (unpaired) electrons. The Morgan fingerprint density at radius 2 is 2.33 bits per heavy atom. The van der Waals surface area contributed by atoms with E-state index in [1.54, 1.807) is 6.92 Å². The Kier molecular flexibility index (Phi) is 3.31. The van der Waals surface area contributed by atoms with Crippen LogP contribution in [0.2, 0.25) is 0 Å². The van der Waals surface area contributed by atoms with Gasteiger partial charge in [-0.25, -0.2) is 0 Å². The van der Waals surface area contributed by atoms with Gasteiger partial charge in [0, 0.05) is 36.0 Å². The number of hydrogen-bond donors (Lipinski definition) is 1. The van der Waals surface area contributed by atoms with Crippen LogP contribution in [-0.4, -0.2) is 24.4 Å². The van der Waals surface area contributed by atoms with E-state index in [2.05, 4.69) is 23.5 Å². The van der Waals surface area contributed by atoms with Gasteiger partial charge in [-0.15, -0.1) is 11.8 Å². The van der Waals surface area contributed by atoms with Crippen molar-refractivity contribution >= 4 is 23.4 Å². The van der Waals surface area contributed by atoms with Crippen LogP contribution in [0.25, 0.3) is 0 Å². The molecule has 18 heavy (non-hydrogen) atoms. The molecule has 1 amide bonds. The highest BCUT2D eigenvalue weighted by atomic mass is 32.2. The zero-order valence-corrected chi connectivity index (χ0v) is 11.4. The highest BCUT2D eigenvalue weighted by Gasteiger charge is 2.22. The topological polar surface area (TPSA) is 32.3 Å². The number of nitrogens with zero attached hydrogens (tertiary/aromatic N) is 1. The van der Waals surface area contributed by atoms with Crippen LogP contribution >= 0.6 is 11.8 Å². The SMILES string of the molecule is CC(=O)N1CCc2cc(SCNC3CC3)ccc21. The fourth-order valence-corrected chi connectivity index (χ4v) is 3.20. The maximum Gasteiger partial charge on any atom is 0.223 e. The van der Waals surface area contributed by atoms with Crippen LogP contribution < -0.4 is 10.2 Å². The summed E-state index contributed by atoms with van der Waals surface area (Å²) in [5, 5.41) is 3.50. The fraction of sp³-hybridized carbons (Fsp3) is 0.500. The maximum absolute atomic E-state index is 11.5. The molecular formula is C14H18N2OS. The second-order valence-corrected chi connectivity index (χ2v) is 6.03. The van der Waals surface area contributed by atoms with Crippen LogP contribution in [0.5, 0.6) is 0 Å². The summed E-state index contributed by atoms with van der Waals surface area (Å²) < 4.78 is 0. The molecule has 3 rings (SSSR count). The van der Waals surface area contributed by atoms with E-state index in [9.17, 15) is 4.79 Å². The zero-order chi connectivity index (χ0) is 12.5. The Morgan fingerprint density at radius 1 is 1.50 bits per heavy atom. The van der Waals surface area contributed by atoms with E-state index >= 15 is 0 Å². The van der Waals surface area contributed by atoms with Gasteiger partial charge in [0.25, 0.3) is 0 Å². The number of rotatable bonds is 4. The third-order valence-corrected chi connectivity index (χ3v) is 4.41. The molecule has 1 saturated carbocycles. The van der Waals surface area contributed by atoms with Crippen molar-refractivity contribution in [1.82, 2.24) is 5.32 Å². The van der Waals surface area contributed by atoms with Crippen LogP contribution in [0.1, 0.15) is 25.3 Å². The summed E-state index contributed by atoms with van der Waals surface area (Å²) in [4.78, 5) is 14.6. The van der Waals surface area contributed by atoms with Crippen molar-refractivity contribution < 1.29 is 4.79 Å². The number of hydrogen-bond acceptors (Lipinski definition) is 3. The van der Waals surface area contributed by atoms with Crippen molar-refractivity contribution in [2.75, 3.05) is 17.3 Å². The van der Waals surface area contributed by atoms with Crippen molar-refractivity contribution in [3.05, 3.63) is 23.8 Å². The highest BCUT2D eigenvalue weighted by Crippen LogP contribution is 2.32. The molecule has 1 fully saturated rings. The second kappa shape index (κ2) is 4.94. The first-order chi connectivity index (χ1) is 8.74. The number of fused-ring (bicyclic) bond motifs is 1. The summed E-state index contributed by atoms with van der Waals surface area (Å²) in [5.41, 5.74) is 2.41. The summed E-state index contributed by atoms with van der Waals surface area (Å²) in [7, 11) is 0. The van der Waals surface area contributed by atoms with Crippen LogP contribution in [0.15, 0.2) is 23.1 Å². The van der Waals surface area contributed by atoms with Gasteiger partial charge in [0.15, 0.2) is 0 Å². The summed E-state index contributed by atoms with van der Waals surface area (Å²) in [5.74, 6) is 1.13. The van der Waals surface area contributed by atoms with Crippen LogP contribution in [0.3, 0.4) is 0 Å². The fourth-order valence-electron chi connectivity index (χ4n) is 2.33. The van der Waals surface area contributed by atoms with Gasteiger partial charge >= 0.3 is 0 Å². The molecule has 0 bridgehead atoms. The molecule has 0 aromatic heterocycles. The molecule has 96 valence electrons. The van der Waals surface area contributed by atoms with E-state index < -0.39 is 0 Å². The highest BCUT2D eigenvalue weighted by molar-refractivity contribution is 7.99. The van der Waals surface area contributed by atoms with E-state index in [4.69, 9.17) is 0 Å². The number of carbonyl (C=O) groups excluding carboxylic acids is 1. The lowest BCUT2D eigenvalue weighted by atomic mass is 10.2. The molecule has 4 heteroatoms. The van der Waals surface area contributed by atoms with Gasteiger partial charge in [0.05, 0.1) is 0 Å². The third kappa shape index (κ3) is 2.54. The summed E-state index contributed by atoms with van der Waals surface area (Å²) in [6.45, 7) is 2.47. The number of amides is 1. The predicted molar refractivity (Wildman–Crippen MR) is 75.1 cm³/mol. The minimum absolute atomic E-state index is 0.143. The molecule has 1 N–H and O–H groups in total. The molecule has 0 atom stereocenters. The first kappa shape index (κ1) is 12.1. The third-order valence-electron chi connectivity index (χ3n) is 3.51. The maximum atomic E-state index is 11.5. The van der Waals surface area contributed by atoms with E-state index in [0.29, 0.717) is 0 Å². The van der Waals surface area contributed by atoms with Gasteiger partial charge in [-0.05, 0) is 43.0 Å². The summed E-state index contributed by atoms with van der Waals surface area (Å²) in [6, 6.07) is 7.21. The van der Waals surface area contributed by atoms with E-state index in [0.717, 1.165) is 30.6 Å². The number of benzene rings is 1. The normalized spacial score (nSPS) is 17.9. The molecule has 3 nitrogen and oxygen atoms in total. The molecule has 1 aromatic rings. The number of carbonyl (C=O) groups is 1. The van der Waals surface area contributed by atoms with Gasteiger partial charge in [0.2, 0.25) is 5.91 Å². The Bertz CT molecular complexity index is 471. The smallest absolute Gasteiger partial charge is 0.223 e. The van der Waals surface area contributed by atoms with Crippen molar-refractivity contribution in [3.8, 4) is 0 Å². The Balaban J connectivity index is 1.65. The van der Waals surface area contributed by atoms with E-state index in [-0.39, 0.29) is 5.91 Å². The van der Waals surface area contributed by atoms with Crippen LogP contribution in [0, 0.1) is 0 Å². The monoisotopic (exact) mass is 262 g/mol. The largest absolute Gasteiger partial charge is 0.312 e. The molecule has 0 saturated heterocycles. The van der Waals surface area contributed by atoms with Gasteiger partial charge < -0.3 is 10.2 Å². The molecular weight excluding hydrogens is 244 g/mol. The van der Waals surface area contributed by atoms with Gasteiger partial charge in [0.1, 0.15) is 0 Å². The number of thioether (sulfide) groups is 1. The van der Waals surface area contributed by atoms with Crippen molar-refractivity contribution in [1.29, 1.82) is 0 Å². The minimum atomic E-state index is 0.143. The first-order valence-corrected chi connectivity index (χ1v) is 7.50. The number of nitrogens with one attached hydrogen (secondary N) is 1. The van der Waals surface area contributed by atoms with Gasteiger partial charge in [-0.3, -0.25) is 4.79 Å². The summed E-state index contributed by atoms with van der Waals surface area (Å²) >= 11 is 1.85. The molecule has 1 aromatic carbocycles. The van der Waals surface area contributed by atoms with E-state index in [1.807, 2.05) is 16.7 Å². The van der Waals surface area contributed by atoms with Crippen molar-refractivity contribution in [2.24, 2.45) is 0 Å². The van der Waals surface area contributed by atoms with Crippen LogP contribution in [-0.2, 0) is 11.2 Å². The molecule has 1 aliphatic heterocycles. The van der Waals surface area contributed by atoms with Gasteiger partial charge in [-0.2, -0.15) is 0 Å². The van der Waals surface area contributed by atoms with Gasteiger partial charge in [-0.1, -0.05) is 0 Å². The average Bonchev–Trinajstić information content (AvgIpc) is 3.07. The average molecular weight is 262 g/mol. The molecule has 1 aliphatic carbocycles. The second-order valence-electron chi connectivity index (χ2n) is 4.98. The standard InChI is InChI=1S/C14H18N2OS/c1-10(17)16-7-6-11-8-13(4-5-14(11)16)18-9-15-12-2-3-12/h4-5,8,12,15H,2-3,6-7,9H2,1H3. The Morgan fingerprint density at radius 3 is 3.06 bits per heavy atom.